The minimum atomic E-state index is 0.496. The Labute approximate surface area is 75.7 Å². The van der Waals surface area contributed by atoms with Gasteiger partial charge in [-0.15, -0.1) is 0 Å². The average Bonchev–Trinajstić information content (AvgIpc) is 2.03. The Morgan fingerprint density at radius 1 is 1.50 bits per heavy atom. The molecule has 1 saturated heterocycles. The molecule has 2 nitrogen and oxygen atoms in total. The van der Waals surface area contributed by atoms with Gasteiger partial charge in [0.1, 0.15) is 0 Å². The fraction of sp³-hybridized carbons (Fsp3) is 1.00. The molecule has 12 heavy (non-hydrogen) atoms. The van der Waals surface area contributed by atoms with Crippen molar-refractivity contribution in [2.75, 3.05) is 13.7 Å². The van der Waals surface area contributed by atoms with E-state index in [0.717, 1.165) is 12.5 Å². The molecule has 0 bridgehead atoms. The van der Waals surface area contributed by atoms with E-state index in [2.05, 4.69) is 19.2 Å². The molecular weight excluding hydrogens is 150 g/mol. The van der Waals surface area contributed by atoms with Crippen LogP contribution in [0.5, 0.6) is 0 Å². The summed E-state index contributed by atoms with van der Waals surface area (Å²) in [6.07, 6.45) is 4.06. The molecule has 1 rings (SSSR count). The van der Waals surface area contributed by atoms with Crippen LogP contribution in [0.2, 0.25) is 0 Å². The molecule has 0 spiro atoms. The van der Waals surface area contributed by atoms with Crippen LogP contribution in [0.1, 0.15) is 33.1 Å². The van der Waals surface area contributed by atoms with Gasteiger partial charge in [-0.2, -0.15) is 0 Å². The summed E-state index contributed by atoms with van der Waals surface area (Å²) in [4.78, 5) is 0. The van der Waals surface area contributed by atoms with E-state index in [0.29, 0.717) is 12.1 Å². The summed E-state index contributed by atoms with van der Waals surface area (Å²) >= 11 is 0. The number of hydrogen-bond acceptors (Lipinski definition) is 2. The molecule has 0 radical (unpaired) electrons. The highest BCUT2D eigenvalue weighted by atomic mass is 16.5. The maximum absolute atomic E-state index is 5.68. The van der Waals surface area contributed by atoms with Gasteiger partial charge in [0.15, 0.2) is 0 Å². The molecule has 0 aromatic heterocycles. The van der Waals surface area contributed by atoms with E-state index < -0.39 is 0 Å². The zero-order valence-corrected chi connectivity index (χ0v) is 8.47. The van der Waals surface area contributed by atoms with Crippen molar-refractivity contribution in [3.05, 3.63) is 0 Å². The molecular formula is C10H21NO. The van der Waals surface area contributed by atoms with Crippen LogP contribution in [-0.4, -0.2) is 25.8 Å². The third-order valence-corrected chi connectivity index (χ3v) is 2.51. The van der Waals surface area contributed by atoms with Crippen LogP contribution in [0.3, 0.4) is 0 Å². The zero-order chi connectivity index (χ0) is 8.97. The minimum Gasteiger partial charge on any atom is -0.378 e. The first-order chi connectivity index (χ1) is 5.72. The van der Waals surface area contributed by atoms with Crippen molar-refractivity contribution < 1.29 is 4.74 Å². The first kappa shape index (κ1) is 10.0. The second-order valence-electron chi connectivity index (χ2n) is 4.13. The van der Waals surface area contributed by atoms with Crippen molar-refractivity contribution in [1.29, 1.82) is 0 Å². The van der Waals surface area contributed by atoms with Gasteiger partial charge in [0.05, 0.1) is 6.10 Å². The number of rotatable bonds is 3. The Morgan fingerprint density at radius 2 is 2.25 bits per heavy atom. The molecule has 1 aliphatic heterocycles. The van der Waals surface area contributed by atoms with Gasteiger partial charge in [0, 0.05) is 12.6 Å². The SMILES string of the molecule is CNC1CCOC(CC(C)C)C1. The maximum atomic E-state index is 5.68. The summed E-state index contributed by atoms with van der Waals surface area (Å²) in [7, 11) is 2.04. The molecule has 72 valence electrons. The van der Waals surface area contributed by atoms with Gasteiger partial charge >= 0.3 is 0 Å². The summed E-state index contributed by atoms with van der Waals surface area (Å²) < 4.78 is 5.68. The lowest BCUT2D eigenvalue weighted by atomic mass is 9.96. The number of nitrogens with one attached hydrogen (secondary N) is 1. The molecule has 2 unspecified atom stereocenters. The van der Waals surface area contributed by atoms with Crippen molar-refractivity contribution in [3.8, 4) is 0 Å². The third kappa shape index (κ3) is 3.11. The molecule has 2 heteroatoms. The Kier molecular flexibility index (Phi) is 4.02. The van der Waals surface area contributed by atoms with E-state index in [4.69, 9.17) is 4.74 Å². The van der Waals surface area contributed by atoms with E-state index in [1.165, 1.54) is 19.3 Å². The highest BCUT2D eigenvalue weighted by Gasteiger charge is 2.21. The van der Waals surface area contributed by atoms with Crippen LogP contribution in [0.4, 0.5) is 0 Å². The lowest BCUT2D eigenvalue weighted by molar-refractivity contribution is -0.00812. The molecule has 1 heterocycles. The summed E-state index contributed by atoms with van der Waals surface area (Å²) in [5.41, 5.74) is 0. The number of ether oxygens (including phenoxy) is 1. The van der Waals surface area contributed by atoms with E-state index in [1.54, 1.807) is 0 Å². The van der Waals surface area contributed by atoms with E-state index in [9.17, 15) is 0 Å². The van der Waals surface area contributed by atoms with Gasteiger partial charge in [0.2, 0.25) is 0 Å². The van der Waals surface area contributed by atoms with Crippen molar-refractivity contribution in [3.63, 3.8) is 0 Å². The second-order valence-corrected chi connectivity index (χ2v) is 4.13. The standard InChI is InChI=1S/C10H21NO/c1-8(2)6-10-7-9(11-3)4-5-12-10/h8-11H,4-7H2,1-3H3. The number of hydrogen-bond donors (Lipinski definition) is 1. The summed E-state index contributed by atoms with van der Waals surface area (Å²) in [6.45, 7) is 5.45. The third-order valence-electron chi connectivity index (χ3n) is 2.51. The van der Waals surface area contributed by atoms with E-state index in [-0.39, 0.29) is 0 Å². The lowest BCUT2D eigenvalue weighted by Gasteiger charge is -2.30. The highest BCUT2D eigenvalue weighted by Crippen LogP contribution is 2.19. The molecule has 2 atom stereocenters. The van der Waals surface area contributed by atoms with Crippen molar-refractivity contribution in [2.45, 2.75) is 45.3 Å². The Balaban J connectivity index is 2.25. The van der Waals surface area contributed by atoms with Gasteiger partial charge < -0.3 is 10.1 Å². The van der Waals surface area contributed by atoms with E-state index in [1.807, 2.05) is 7.05 Å². The fourth-order valence-electron chi connectivity index (χ4n) is 1.83. The Morgan fingerprint density at radius 3 is 2.83 bits per heavy atom. The lowest BCUT2D eigenvalue weighted by Crippen LogP contribution is -2.37. The molecule has 0 saturated carbocycles. The van der Waals surface area contributed by atoms with Crippen molar-refractivity contribution >= 4 is 0 Å². The largest absolute Gasteiger partial charge is 0.378 e. The van der Waals surface area contributed by atoms with Crippen LogP contribution in [0.25, 0.3) is 0 Å². The predicted octanol–water partition coefficient (Wildman–Crippen LogP) is 1.80. The van der Waals surface area contributed by atoms with Crippen molar-refractivity contribution in [1.82, 2.24) is 5.32 Å². The quantitative estimate of drug-likeness (QED) is 0.699. The molecule has 1 fully saturated rings. The average molecular weight is 171 g/mol. The first-order valence-electron chi connectivity index (χ1n) is 5.01. The predicted molar refractivity (Wildman–Crippen MR) is 51.3 cm³/mol. The Bertz CT molecular complexity index is 125. The normalized spacial score (nSPS) is 31.0. The van der Waals surface area contributed by atoms with Gasteiger partial charge in [-0.25, -0.2) is 0 Å². The van der Waals surface area contributed by atoms with E-state index >= 15 is 0 Å². The van der Waals surface area contributed by atoms with Gasteiger partial charge in [-0.3, -0.25) is 0 Å². The molecule has 1 N–H and O–H groups in total. The van der Waals surface area contributed by atoms with Crippen LogP contribution >= 0.6 is 0 Å². The maximum Gasteiger partial charge on any atom is 0.0592 e. The van der Waals surface area contributed by atoms with Crippen LogP contribution in [-0.2, 0) is 4.74 Å². The van der Waals surface area contributed by atoms with Crippen molar-refractivity contribution in [2.24, 2.45) is 5.92 Å². The minimum absolute atomic E-state index is 0.496. The summed E-state index contributed by atoms with van der Waals surface area (Å²) in [5, 5.41) is 3.33. The molecule has 0 amide bonds. The summed E-state index contributed by atoms with van der Waals surface area (Å²) in [5.74, 6) is 0.755. The topological polar surface area (TPSA) is 21.3 Å². The molecule has 1 aliphatic rings. The fourth-order valence-corrected chi connectivity index (χ4v) is 1.83. The van der Waals surface area contributed by atoms with Crippen LogP contribution in [0, 0.1) is 5.92 Å². The van der Waals surface area contributed by atoms with Crippen LogP contribution < -0.4 is 5.32 Å². The second kappa shape index (κ2) is 4.83. The smallest absolute Gasteiger partial charge is 0.0592 e. The molecule has 0 aliphatic carbocycles. The van der Waals surface area contributed by atoms with Crippen LogP contribution in [0.15, 0.2) is 0 Å². The molecule has 0 aromatic carbocycles. The van der Waals surface area contributed by atoms with Gasteiger partial charge in [0.25, 0.3) is 0 Å². The Hall–Kier alpha value is -0.0800. The monoisotopic (exact) mass is 171 g/mol. The zero-order valence-electron chi connectivity index (χ0n) is 8.47. The van der Waals surface area contributed by atoms with Gasteiger partial charge in [-0.05, 0) is 32.2 Å². The highest BCUT2D eigenvalue weighted by molar-refractivity contribution is 4.76. The summed E-state index contributed by atoms with van der Waals surface area (Å²) in [6, 6.07) is 0.683. The first-order valence-corrected chi connectivity index (χ1v) is 5.01. The molecule has 0 aromatic rings. The van der Waals surface area contributed by atoms with Gasteiger partial charge in [-0.1, -0.05) is 13.8 Å².